The molecule has 2 heterocycles. The predicted molar refractivity (Wildman–Crippen MR) is 42.3 cm³/mol. The lowest BCUT2D eigenvalue weighted by Crippen LogP contribution is -1.71. The van der Waals surface area contributed by atoms with Gasteiger partial charge in [-0.05, 0) is 6.92 Å². The number of hydrogen-bond acceptors (Lipinski definition) is 4. The van der Waals surface area contributed by atoms with Crippen LogP contribution in [0.15, 0.2) is 22.2 Å². The van der Waals surface area contributed by atoms with Crippen LogP contribution >= 0.6 is 11.3 Å². The Morgan fingerprint density at radius 2 is 2.45 bits per heavy atom. The Bertz CT molecular complexity index is 339. The van der Waals surface area contributed by atoms with Gasteiger partial charge in [0.05, 0.1) is 0 Å². The Morgan fingerprint density at radius 3 is 3.00 bits per heavy atom. The molecule has 0 fully saturated rings. The van der Waals surface area contributed by atoms with Crippen molar-refractivity contribution in [2.24, 2.45) is 0 Å². The summed E-state index contributed by atoms with van der Waals surface area (Å²) >= 11 is 1.56. The summed E-state index contributed by atoms with van der Waals surface area (Å²) < 4.78 is 4.90. The fourth-order valence-corrected chi connectivity index (χ4v) is 1.41. The molecule has 56 valence electrons. The first-order chi connectivity index (χ1) is 5.36. The molecule has 11 heavy (non-hydrogen) atoms. The Labute approximate surface area is 67.7 Å². The van der Waals surface area contributed by atoms with Gasteiger partial charge in [-0.2, -0.15) is 0 Å². The van der Waals surface area contributed by atoms with Gasteiger partial charge >= 0.3 is 0 Å². The molecular weight excluding hydrogens is 160 g/mol. The van der Waals surface area contributed by atoms with Crippen molar-refractivity contribution in [1.82, 2.24) is 10.1 Å². The van der Waals surface area contributed by atoms with Crippen molar-refractivity contribution >= 4 is 11.3 Å². The lowest BCUT2D eigenvalue weighted by molar-refractivity contribution is 0.399. The highest BCUT2D eigenvalue weighted by Gasteiger charge is 2.04. The highest BCUT2D eigenvalue weighted by Crippen LogP contribution is 2.20. The topological polar surface area (TPSA) is 38.9 Å². The molecule has 0 bridgehead atoms. The molecule has 0 amide bonds. The molecule has 0 aromatic carbocycles. The summed E-state index contributed by atoms with van der Waals surface area (Å²) in [7, 11) is 0. The average Bonchev–Trinajstić information content (AvgIpc) is 2.55. The van der Waals surface area contributed by atoms with E-state index in [9.17, 15) is 0 Å². The predicted octanol–water partition coefficient (Wildman–Crippen LogP) is 2.11. The van der Waals surface area contributed by atoms with Crippen LogP contribution in [0.4, 0.5) is 0 Å². The summed E-state index contributed by atoms with van der Waals surface area (Å²) in [6, 6.07) is 1.87. The minimum Gasteiger partial charge on any atom is -0.361 e. The van der Waals surface area contributed by atoms with Crippen molar-refractivity contribution in [1.29, 1.82) is 0 Å². The van der Waals surface area contributed by atoms with Crippen LogP contribution in [0, 0.1) is 6.92 Å². The van der Waals surface area contributed by atoms with Gasteiger partial charge in [-0.1, -0.05) is 5.16 Å². The third kappa shape index (κ3) is 1.17. The van der Waals surface area contributed by atoms with Crippen LogP contribution in [0.25, 0.3) is 10.7 Å². The van der Waals surface area contributed by atoms with Gasteiger partial charge in [-0.3, -0.25) is 0 Å². The molecule has 2 aromatic rings. The first kappa shape index (κ1) is 6.54. The summed E-state index contributed by atoms with van der Waals surface area (Å²) in [5, 5.41) is 6.65. The molecule has 0 saturated heterocycles. The zero-order valence-electron chi connectivity index (χ0n) is 5.94. The smallest absolute Gasteiger partial charge is 0.145 e. The van der Waals surface area contributed by atoms with Crippen LogP contribution in [-0.4, -0.2) is 10.1 Å². The van der Waals surface area contributed by atoms with Crippen molar-refractivity contribution in [2.45, 2.75) is 6.92 Å². The quantitative estimate of drug-likeness (QED) is 0.651. The first-order valence-electron chi connectivity index (χ1n) is 3.19. The Hall–Kier alpha value is -1.16. The third-order valence-electron chi connectivity index (χ3n) is 1.28. The van der Waals surface area contributed by atoms with Gasteiger partial charge in [0.15, 0.2) is 0 Å². The van der Waals surface area contributed by atoms with Gasteiger partial charge in [0.2, 0.25) is 0 Å². The van der Waals surface area contributed by atoms with Gasteiger partial charge < -0.3 is 4.52 Å². The molecular formula is C7H6N2OS. The van der Waals surface area contributed by atoms with Crippen LogP contribution in [0.3, 0.4) is 0 Å². The van der Waals surface area contributed by atoms with E-state index in [1.165, 1.54) is 0 Å². The van der Waals surface area contributed by atoms with E-state index in [-0.39, 0.29) is 0 Å². The second-order valence-electron chi connectivity index (χ2n) is 2.16. The molecule has 0 aliphatic heterocycles. The van der Waals surface area contributed by atoms with Crippen molar-refractivity contribution in [2.75, 3.05) is 0 Å². The molecule has 0 spiro atoms. The summed E-state index contributed by atoms with van der Waals surface area (Å²) in [6.45, 7) is 1.87. The maximum Gasteiger partial charge on any atom is 0.145 e. The van der Waals surface area contributed by atoms with Gasteiger partial charge in [0.1, 0.15) is 16.5 Å². The number of hydrogen-bond donors (Lipinski definition) is 0. The fourth-order valence-electron chi connectivity index (χ4n) is 0.817. The lowest BCUT2D eigenvalue weighted by atomic mass is 10.4. The van der Waals surface area contributed by atoms with Crippen LogP contribution in [-0.2, 0) is 0 Å². The number of aryl methyl sites for hydroxylation is 1. The molecule has 4 heteroatoms. The normalized spacial score (nSPS) is 10.3. The van der Waals surface area contributed by atoms with Gasteiger partial charge in [-0.15, -0.1) is 11.3 Å². The van der Waals surface area contributed by atoms with E-state index in [1.54, 1.807) is 17.5 Å². The number of aromatic nitrogens is 2. The molecule has 0 aliphatic carbocycles. The van der Waals surface area contributed by atoms with Crippen molar-refractivity contribution in [3.63, 3.8) is 0 Å². The molecule has 0 aliphatic rings. The van der Waals surface area contributed by atoms with Crippen molar-refractivity contribution < 1.29 is 4.52 Å². The van der Waals surface area contributed by atoms with Crippen LogP contribution in [0.5, 0.6) is 0 Å². The number of rotatable bonds is 1. The average molecular weight is 166 g/mol. The van der Waals surface area contributed by atoms with E-state index < -0.39 is 0 Å². The van der Waals surface area contributed by atoms with Crippen molar-refractivity contribution in [3.8, 4) is 10.7 Å². The first-order valence-corrected chi connectivity index (χ1v) is 4.07. The number of nitrogens with zero attached hydrogens (tertiary/aromatic N) is 2. The second kappa shape index (κ2) is 2.47. The minimum atomic E-state index is 0.815. The summed E-state index contributed by atoms with van der Waals surface area (Å²) in [4.78, 5) is 4.10. The second-order valence-corrected chi connectivity index (χ2v) is 3.05. The van der Waals surface area contributed by atoms with Gasteiger partial charge in [0, 0.05) is 17.6 Å². The molecule has 0 saturated carbocycles. The zero-order chi connectivity index (χ0) is 7.68. The third-order valence-corrected chi connectivity index (χ3v) is 2.08. The Kier molecular flexibility index (Phi) is 1.47. The fraction of sp³-hybridized carbons (Fsp3) is 0.143. The molecule has 0 N–H and O–H groups in total. The van der Waals surface area contributed by atoms with E-state index in [2.05, 4.69) is 10.1 Å². The van der Waals surface area contributed by atoms with Gasteiger partial charge in [-0.25, -0.2) is 4.98 Å². The molecule has 2 aromatic heterocycles. The van der Waals surface area contributed by atoms with Gasteiger partial charge in [0.25, 0.3) is 0 Å². The van der Waals surface area contributed by atoms with Crippen molar-refractivity contribution in [3.05, 3.63) is 23.4 Å². The van der Waals surface area contributed by atoms with E-state index in [0.29, 0.717) is 0 Å². The standard InChI is InChI=1S/C7H6N2OS/c1-5-4-6(9-10-5)7-8-2-3-11-7/h2-4H,1H3. The maximum absolute atomic E-state index is 4.90. The minimum absolute atomic E-state index is 0.815. The zero-order valence-corrected chi connectivity index (χ0v) is 6.76. The molecule has 0 radical (unpaired) electrons. The SMILES string of the molecule is Cc1cc(-c2nccs2)no1. The molecule has 0 atom stereocenters. The van der Waals surface area contributed by atoms with Crippen LogP contribution < -0.4 is 0 Å². The highest BCUT2D eigenvalue weighted by atomic mass is 32.1. The van der Waals surface area contributed by atoms with Crippen LogP contribution in [0.1, 0.15) is 5.76 Å². The van der Waals surface area contributed by atoms with E-state index in [1.807, 2.05) is 18.4 Å². The Balaban J connectivity index is 2.45. The molecule has 2 rings (SSSR count). The number of thiazole rings is 1. The largest absolute Gasteiger partial charge is 0.361 e. The van der Waals surface area contributed by atoms with Crippen LogP contribution in [0.2, 0.25) is 0 Å². The van der Waals surface area contributed by atoms with E-state index >= 15 is 0 Å². The molecule has 0 unspecified atom stereocenters. The highest BCUT2D eigenvalue weighted by molar-refractivity contribution is 7.13. The lowest BCUT2D eigenvalue weighted by Gasteiger charge is -1.80. The van der Waals surface area contributed by atoms with E-state index in [4.69, 9.17) is 4.52 Å². The summed E-state index contributed by atoms with van der Waals surface area (Å²) in [6.07, 6.45) is 1.75. The summed E-state index contributed by atoms with van der Waals surface area (Å²) in [5.41, 5.74) is 0.817. The summed E-state index contributed by atoms with van der Waals surface area (Å²) in [5.74, 6) is 0.815. The Morgan fingerprint density at radius 1 is 1.55 bits per heavy atom. The molecule has 3 nitrogen and oxygen atoms in total. The monoisotopic (exact) mass is 166 g/mol. The van der Waals surface area contributed by atoms with E-state index in [0.717, 1.165) is 16.5 Å². The maximum atomic E-state index is 4.90.